The van der Waals surface area contributed by atoms with Crippen molar-refractivity contribution in [3.05, 3.63) is 24.3 Å². The molecule has 2 aliphatic heterocycles. The van der Waals surface area contributed by atoms with Crippen molar-refractivity contribution in [1.82, 2.24) is 9.80 Å². The molecule has 162 valence electrons. The van der Waals surface area contributed by atoms with E-state index in [9.17, 15) is 19.2 Å². The fourth-order valence-corrected chi connectivity index (χ4v) is 3.50. The first-order chi connectivity index (χ1) is 14.3. The number of hydrogen-bond acceptors (Lipinski definition) is 6. The topological polar surface area (TPSA) is 104 Å². The molecule has 1 aromatic rings. The second-order valence-electron chi connectivity index (χ2n) is 7.77. The van der Waals surface area contributed by atoms with Crippen molar-refractivity contribution in [3.63, 3.8) is 0 Å². The maximum atomic E-state index is 12.4. The lowest BCUT2D eigenvalue weighted by Crippen LogP contribution is -3.11. The van der Waals surface area contributed by atoms with Gasteiger partial charge in [0.05, 0.1) is 20.3 Å². The van der Waals surface area contributed by atoms with Gasteiger partial charge in [0.1, 0.15) is 0 Å². The largest absolute Gasteiger partial charge is 0.378 e. The lowest BCUT2D eigenvalue weighted by molar-refractivity contribution is -0.878. The van der Waals surface area contributed by atoms with Gasteiger partial charge in [0, 0.05) is 30.5 Å². The Bertz CT molecular complexity index is 819. The molecule has 2 aliphatic rings. The van der Waals surface area contributed by atoms with Gasteiger partial charge in [0.25, 0.3) is 5.91 Å². The van der Waals surface area contributed by atoms with E-state index in [0.29, 0.717) is 23.8 Å². The molecule has 1 atom stereocenters. The summed E-state index contributed by atoms with van der Waals surface area (Å²) in [4.78, 5) is 53.4. The number of anilines is 2. The van der Waals surface area contributed by atoms with Crippen molar-refractivity contribution in [3.8, 4) is 0 Å². The zero-order valence-electron chi connectivity index (χ0n) is 17.5. The molecule has 0 saturated carbocycles. The Morgan fingerprint density at radius 1 is 1.10 bits per heavy atom. The minimum Gasteiger partial charge on any atom is -0.378 e. The fourth-order valence-electron chi connectivity index (χ4n) is 3.50. The second-order valence-corrected chi connectivity index (χ2v) is 7.77. The standard InChI is InChI=1S/C20H27N5O5/c1-14(2)25-19(28)18(27)24(20(25)29)13-22(3)12-17(26)21-15-4-6-16(7-5-15)23-8-10-30-11-9-23/h4-7,14H,8-13H2,1-3H3,(H,21,26)/p+1. The number of morpholine rings is 1. The highest BCUT2D eigenvalue weighted by Gasteiger charge is 2.47. The Labute approximate surface area is 175 Å². The van der Waals surface area contributed by atoms with E-state index in [1.807, 2.05) is 24.3 Å². The molecule has 0 aromatic heterocycles. The predicted molar refractivity (Wildman–Crippen MR) is 109 cm³/mol. The number of rotatable bonds is 7. The number of quaternary nitrogens is 1. The van der Waals surface area contributed by atoms with Crippen LogP contribution in [0.25, 0.3) is 0 Å². The van der Waals surface area contributed by atoms with E-state index in [4.69, 9.17) is 4.74 Å². The summed E-state index contributed by atoms with van der Waals surface area (Å²) in [7, 11) is 1.68. The molecule has 0 spiro atoms. The van der Waals surface area contributed by atoms with Crippen LogP contribution in [0.3, 0.4) is 0 Å². The molecule has 1 unspecified atom stereocenters. The first-order valence-corrected chi connectivity index (χ1v) is 10.0. The maximum absolute atomic E-state index is 12.4. The molecule has 1 aromatic carbocycles. The van der Waals surface area contributed by atoms with E-state index in [2.05, 4.69) is 10.2 Å². The Hall–Kier alpha value is -2.98. The van der Waals surface area contributed by atoms with Crippen LogP contribution in [-0.4, -0.2) is 86.2 Å². The molecule has 3 rings (SSSR count). The summed E-state index contributed by atoms with van der Waals surface area (Å²) >= 11 is 0. The summed E-state index contributed by atoms with van der Waals surface area (Å²) in [5.74, 6) is -1.93. The highest BCUT2D eigenvalue weighted by molar-refractivity contribution is 6.44. The SMILES string of the molecule is CC(C)N1C(=O)C(=O)N(C[NH+](C)CC(=O)Nc2ccc(N3CCOCC3)cc2)C1=O. The number of nitrogens with zero attached hydrogens (tertiary/aromatic N) is 3. The van der Waals surface area contributed by atoms with Crippen LogP contribution in [0, 0.1) is 0 Å². The monoisotopic (exact) mass is 418 g/mol. The van der Waals surface area contributed by atoms with Gasteiger partial charge in [0.15, 0.2) is 13.2 Å². The van der Waals surface area contributed by atoms with Crippen molar-refractivity contribution in [2.75, 3.05) is 56.8 Å². The highest BCUT2D eigenvalue weighted by atomic mass is 16.5. The maximum Gasteiger partial charge on any atom is 0.338 e. The number of amides is 5. The molecule has 10 nitrogen and oxygen atoms in total. The third-order valence-corrected chi connectivity index (χ3v) is 5.02. The molecule has 0 radical (unpaired) electrons. The minimum atomic E-state index is -0.854. The van der Waals surface area contributed by atoms with E-state index >= 15 is 0 Å². The third-order valence-electron chi connectivity index (χ3n) is 5.02. The lowest BCUT2D eigenvalue weighted by atomic mass is 10.2. The van der Waals surface area contributed by atoms with Crippen molar-refractivity contribution in [2.24, 2.45) is 0 Å². The molecule has 30 heavy (non-hydrogen) atoms. The van der Waals surface area contributed by atoms with Gasteiger partial charge in [-0.3, -0.25) is 19.3 Å². The summed E-state index contributed by atoms with van der Waals surface area (Å²) in [6.07, 6.45) is 0. The Morgan fingerprint density at radius 2 is 1.73 bits per heavy atom. The van der Waals surface area contributed by atoms with Crippen molar-refractivity contribution < 1.29 is 28.8 Å². The summed E-state index contributed by atoms with van der Waals surface area (Å²) in [5.41, 5.74) is 1.74. The molecule has 2 fully saturated rings. The van der Waals surface area contributed by atoms with Crippen molar-refractivity contribution in [2.45, 2.75) is 19.9 Å². The Balaban J connectivity index is 1.51. The van der Waals surface area contributed by atoms with E-state index in [1.54, 1.807) is 20.9 Å². The van der Waals surface area contributed by atoms with E-state index < -0.39 is 23.9 Å². The number of likely N-dealkylation sites (N-methyl/N-ethyl adjacent to an activating group) is 1. The first kappa shape index (κ1) is 21.7. The van der Waals surface area contributed by atoms with Crippen LogP contribution < -0.4 is 15.1 Å². The highest BCUT2D eigenvalue weighted by Crippen LogP contribution is 2.19. The number of nitrogens with one attached hydrogen (secondary N) is 2. The number of hydrogen-bond donors (Lipinski definition) is 2. The van der Waals surface area contributed by atoms with Gasteiger partial charge in [-0.1, -0.05) is 0 Å². The molecular formula is C20H28N5O5+. The van der Waals surface area contributed by atoms with E-state index in [1.165, 1.54) is 0 Å². The average Bonchev–Trinajstić information content (AvgIpc) is 2.92. The molecule has 10 heteroatoms. The molecule has 0 bridgehead atoms. The lowest BCUT2D eigenvalue weighted by Gasteiger charge is -2.28. The normalized spacial score (nSPS) is 18.4. The fraction of sp³-hybridized carbons (Fsp3) is 0.500. The summed E-state index contributed by atoms with van der Waals surface area (Å²) in [6.45, 7) is 6.40. The number of ether oxygens (including phenoxy) is 1. The summed E-state index contributed by atoms with van der Waals surface area (Å²) in [6, 6.07) is 6.53. The molecule has 2 N–H and O–H groups in total. The average molecular weight is 418 g/mol. The number of benzene rings is 1. The second kappa shape index (κ2) is 9.23. The number of carbonyl (C=O) groups is 4. The molecule has 0 aliphatic carbocycles. The quantitative estimate of drug-likeness (QED) is 0.441. The smallest absolute Gasteiger partial charge is 0.338 e. The Kier molecular flexibility index (Phi) is 6.68. The van der Waals surface area contributed by atoms with E-state index in [0.717, 1.165) is 28.6 Å². The van der Waals surface area contributed by atoms with Gasteiger partial charge >= 0.3 is 17.8 Å². The van der Waals surface area contributed by atoms with Crippen LogP contribution in [0.4, 0.5) is 16.2 Å². The van der Waals surface area contributed by atoms with Crippen LogP contribution in [-0.2, 0) is 19.1 Å². The van der Waals surface area contributed by atoms with E-state index in [-0.39, 0.29) is 19.1 Å². The van der Waals surface area contributed by atoms with Crippen LogP contribution in [0.2, 0.25) is 0 Å². The summed E-state index contributed by atoms with van der Waals surface area (Å²) in [5, 5.41) is 2.82. The number of urea groups is 1. The number of imide groups is 2. The van der Waals surface area contributed by atoms with Gasteiger partial charge in [-0.2, -0.15) is 0 Å². The minimum absolute atomic E-state index is 0.0398. The van der Waals surface area contributed by atoms with Gasteiger partial charge in [-0.15, -0.1) is 0 Å². The van der Waals surface area contributed by atoms with Crippen LogP contribution >= 0.6 is 0 Å². The summed E-state index contributed by atoms with van der Waals surface area (Å²) < 4.78 is 5.35. The van der Waals surface area contributed by atoms with Gasteiger partial charge in [0.2, 0.25) is 0 Å². The number of carbonyl (C=O) groups excluding carboxylic acids is 4. The van der Waals surface area contributed by atoms with Crippen LogP contribution in [0.1, 0.15) is 13.8 Å². The zero-order valence-corrected chi connectivity index (χ0v) is 17.5. The first-order valence-electron chi connectivity index (χ1n) is 10.0. The van der Waals surface area contributed by atoms with Crippen molar-refractivity contribution >= 4 is 35.1 Å². The van der Waals surface area contributed by atoms with Crippen molar-refractivity contribution in [1.29, 1.82) is 0 Å². The Morgan fingerprint density at radius 3 is 2.30 bits per heavy atom. The van der Waals surface area contributed by atoms with Gasteiger partial charge < -0.3 is 19.9 Å². The van der Waals surface area contributed by atoms with Gasteiger partial charge in [-0.05, 0) is 38.1 Å². The van der Waals surface area contributed by atoms with Gasteiger partial charge in [-0.25, -0.2) is 9.69 Å². The van der Waals surface area contributed by atoms with Crippen LogP contribution in [0.15, 0.2) is 24.3 Å². The molecule has 2 saturated heterocycles. The predicted octanol–water partition coefficient (Wildman–Crippen LogP) is -0.867. The zero-order chi connectivity index (χ0) is 21.8. The molecular weight excluding hydrogens is 390 g/mol. The molecule has 2 heterocycles. The third kappa shape index (κ3) is 4.77. The molecule has 5 amide bonds. The van der Waals surface area contributed by atoms with Crippen LogP contribution in [0.5, 0.6) is 0 Å².